The fraction of sp³-hybridized carbons (Fsp3) is 0.364. The van der Waals surface area contributed by atoms with Crippen molar-refractivity contribution in [3.8, 4) is 0 Å². The van der Waals surface area contributed by atoms with Gasteiger partial charge in [-0.25, -0.2) is 4.39 Å². The van der Waals surface area contributed by atoms with Gasteiger partial charge in [-0.2, -0.15) is 0 Å². The predicted octanol–water partition coefficient (Wildman–Crippen LogP) is 1.80. The summed E-state index contributed by atoms with van der Waals surface area (Å²) in [6, 6.07) is 2.75. The van der Waals surface area contributed by atoms with E-state index >= 15 is 0 Å². The second kappa shape index (κ2) is 6.06. The van der Waals surface area contributed by atoms with Crippen LogP contribution in [0.3, 0.4) is 0 Å². The quantitative estimate of drug-likeness (QED) is 0.619. The number of nitro benzene ring substituents is 1. The molecule has 0 aliphatic carbocycles. The summed E-state index contributed by atoms with van der Waals surface area (Å²) in [4.78, 5) is 21.2. The monoisotopic (exact) mass is 255 g/mol. The smallest absolute Gasteiger partial charge is 0.272 e. The molecule has 1 aromatic carbocycles. The van der Waals surface area contributed by atoms with Crippen LogP contribution in [-0.4, -0.2) is 16.9 Å². The van der Waals surface area contributed by atoms with Crippen molar-refractivity contribution in [2.75, 3.05) is 5.32 Å². The van der Waals surface area contributed by atoms with Crippen molar-refractivity contribution in [2.45, 2.75) is 25.8 Å². The van der Waals surface area contributed by atoms with Gasteiger partial charge in [-0.1, -0.05) is 6.92 Å². The molecule has 1 rings (SSSR count). The maximum absolute atomic E-state index is 13.4. The van der Waals surface area contributed by atoms with E-state index in [0.717, 1.165) is 18.2 Å². The van der Waals surface area contributed by atoms with Gasteiger partial charge in [-0.05, 0) is 12.5 Å². The molecule has 18 heavy (non-hydrogen) atoms. The minimum absolute atomic E-state index is 0.0763. The molecular formula is C11H14FN3O3. The molecule has 7 heteroatoms. The Hall–Kier alpha value is -2.02. The van der Waals surface area contributed by atoms with Crippen LogP contribution in [0.1, 0.15) is 19.8 Å². The first-order valence-electron chi connectivity index (χ1n) is 5.43. The lowest BCUT2D eigenvalue weighted by molar-refractivity contribution is -0.385. The van der Waals surface area contributed by atoms with E-state index in [1.165, 1.54) is 0 Å². The van der Waals surface area contributed by atoms with Crippen LogP contribution in [0.4, 0.5) is 15.8 Å². The first-order chi connectivity index (χ1) is 8.43. The van der Waals surface area contributed by atoms with Crippen molar-refractivity contribution in [3.05, 3.63) is 34.1 Å². The topological polar surface area (TPSA) is 98.3 Å². The summed E-state index contributed by atoms with van der Waals surface area (Å²) in [6.07, 6.45) is 0.711. The number of benzene rings is 1. The number of non-ortho nitro benzene ring substituents is 1. The van der Waals surface area contributed by atoms with Gasteiger partial charge in [-0.15, -0.1) is 0 Å². The third-order valence-corrected chi connectivity index (χ3v) is 2.41. The van der Waals surface area contributed by atoms with Crippen molar-refractivity contribution < 1.29 is 14.1 Å². The molecule has 3 N–H and O–H groups in total. The molecule has 0 heterocycles. The van der Waals surface area contributed by atoms with E-state index in [2.05, 4.69) is 5.32 Å². The van der Waals surface area contributed by atoms with Crippen LogP contribution in [0, 0.1) is 15.9 Å². The summed E-state index contributed by atoms with van der Waals surface area (Å²) in [5, 5.41) is 12.7. The Labute approximate surface area is 103 Å². The standard InChI is InChI=1S/C11H14FN3O3/c1-2-7(13)5-11(16)14-10-4-3-8(15(17)18)6-9(10)12/h3-4,6-7H,2,5,13H2,1H3,(H,14,16). The van der Waals surface area contributed by atoms with Crippen LogP contribution < -0.4 is 11.1 Å². The van der Waals surface area contributed by atoms with Crippen LogP contribution in [0.25, 0.3) is 0 Å². The number of anilines is 1. The van der Waals surface area contributed by atoms with Crippen molar-refractivity contribution in [1.29, 1.82) is 0 Å². The average Bonchev–Trinajstić information content (AvgIpc) is 2.31. The summed E-state index contributed by atoms with van der Waals surface area (Å²) in [6.45, 7) is 1.84. The lowest BCUT2D eigenvalue weighted by Crippen LogP contribution is -2.26. The largest absolute Gasteiger partial charge is 0.327 e. The maximum atomic E-state index is 13.4. The first-order valence-corrected chi connectivity index (χ1v) is 5.43. The SMILES string of the molecule is CCC(N)CC(=O)Nc1ccc([N+](=O)[O-])cc1F. The third-order valence-electron chi connectivity index (χ3n) is 2.41. The van der Waals surface area contributed by atoms with Crippen LogP contribution in [0.5, 0.6) is 0 Å². The average molecular weight is 255 g/mol. The highest BCUT2D eigenvalue weighted by molar-refractivity contribution is 5.91. The summed E-state index contributed by atoms with van der Waals surface area (Å²) in [5.41, 5.74) is 5.13. The number of carbonyl (C=O) groups is 1. The normalized spacial score (nSPS) is 11.9. The van der Waals surface area contributed by atoms with Gasteiger partial charge in [0, 0.05) is 18.5 Å². The number of rotatable bonds is 5. The number of amides is 1. The molecule has 0 fully saturated rings. The summed E-state index contributed by atoms with van der Waals surface area (Å²) < 4.78 is 13.4. The number of hydrogen-bond acceptors (Lipinski definition) is 4. The highest BCUT2D eigenvalue weighted by Crippen LogP contribution is 2.20. The Kier molecular flexibility index (Phi) is 4.73. The van der Waals surface area contributed by atoms with Gasteiger partial charge in [0.2, 0.25) is 5.91 Å². The molecule has 0 aromatic heterocycles. The Morgan fingerprint density at radius 3 is 2.78 bits per heavy atom. The molecular weight excluding hydrogens is 241 g/mol. The van der Waals surface area contributed by atoms with E-state index in [9.17, 15) is 19.3 Å². The lowest BCUT2D eigenvalue weighted by atomic mass is 10.1. The van der Waals surface area contributed by atoms with E-state index in [-0.39, 0.29) is 23.8 Å². The molecule has 0 saturated heterocycles. The number of halogens is 1. The van der Waals surface area contributed by atoms with Gasteiger partial charge < -0.3 is 11.1 Å². The zero-order valence-corrected chi connectivity index (χ0v) is 9.85. The summed E-state index contributed by atoms with van der Waals surface area (Å²) in [7, 11) is 0. The number of nitrogens with two attached hydrogens (primary N) is 1. The van der Waals surface area contributed by atoms with Gasteiger partial charge in [-0.3, -0.25) is 14.9 Å². The van der Waals surface area contributed by atoms with Crippen molar-refractivity contribution in [3.63, 3.8) is 0 Å². The zero-order valence-electron chi connectivity index (χ0n) is 9.85. The molecule has 1 amide bonds. The molecule has 98 valence electrons. The molecule has 0 radical (unpaired) electrons. The van der Waals surface area contributed by atoms with Gasteiger partial charge in [0.15, 0.2) is 5.82 Å². The van der Waals surface area contributed by atoms with E-state index in [1.807, 2.05) is 6.92 Å². The number of nitrogens with one attached hydrogen (secondary N) is 1. The van der Waals surface area contributed by atoms with Gasteiger partial charge in [0.05, 0.1) is 16.7 Å². The predicted molar refractivity (Wildman–Crippen MR) is 64.6 cm³/mol. The minimum atomic E-state index is -0.845. The number of carbonyl (C=O) groups excluding carboxylic acids is 1. The first kappa shape index (κ1) is 14.0. The molecule has 1 unspecified atom stereocenters. The van der Waals surface area contributed by atoms with Gasteiger partial charge in [0.1, 0.15) is 0 Å². The van der Waals surface area contributed by atoms with E-state index in [4.69, 9.17) is 5.73 Å². The molecule has 6 nitrogen and oxygen atoms in total. The molecule has 1 atom stereocenters. The molecule has 0 spiro atoms. The summed E-state index contributed by atoms with van der Waals surface area (Å²) >= 11 is 0. The third kappa shape index (κ3) is 3.77. The molecule has 0 bridgehead atoms. The van der Waals surface area contributed by atoms with Crippen LogP contribution in [-0.2, 0) is 4.79 Å². The van der Waals surface area contributed by atoms with Gasteiger partial charge >= 0.3 is 0 Å². The highest BCUT2D eigenvalue weighted by atomic mass is 19.1. The van der Waals surface area contributed by atoms with Crippen molar-refractivity contribution in [2.24, 2.45) is 5.73 Å². The maximum Gasteiger partial charge on any atom is 0.272 e. The van der Waals surface area contributed by atoms with Crippen molar-refractivity contribution >= 4 is 17.3 Å². The second-order valence-corrected chi connectivity index (χ2v) is 3.84. The molecule has 0 aliphatic rings. The van der Waals surface area contributed by atoms with Crippen LogP contribution in [0.2, 0.25) is 0 Å². The van der Waals surface area contributed by atoms with Gasteiger partial charge in [0.25, 0.3) is 5.69 Å². The Bertz CT molecular complexity index is 465. The van der Waals surface area contributed by atoms with E-state index in [0.29, 0.717) is 6.42 Å². The Morgan fingerprint density at radius 1 is 1.61 bits per heavy atom. The zero-order chi connectivity index (χ0) is 13.7. The lowest BCUT2D eigenvalue weighted by Gasteiger charge is -2.09. The van der Waals surface area contributed by atoms with Crippen LogP contribution in [0.15, 0.2) is 18.2 Å². The second-order valence-electron chi connectivity index (χ2n) is 3.84. The van der Waals surface area contributed by atoms with Crippen LogP contribution >= 0.6 is 0 Å². The molecule has 0 saturated carbocycles. The fourth-order valence-electron chi connectivity index (χ4n) is 1.30. The highest BCUT2D eigenvalue weighted by Gasteiger charge is 2.13. The Balaban J connectivity index is 2.74. The minimum Gasteiger partial charge on any atom is -0.327 e. The summed E-state index contributed by atoms with van der Waals surface area (Å²) in [5.74, 6) is -1.26. The Morgan fingerprint density at radius 2 is 2.28 bits per heavy atom. The fourth-order valence-corrected chi connectivity index (χ4v) is 1.30. The van der Waals surface area contributed by atoms with Crippen molar-refractivity contribution in [1.82, 2.24) is 0 Å². The number of nitrogens with zero attached hydrogens (tertiary/aromatic N) is 1. The number of nitro groups is 1. The molecule has 1 aromatic rings. The van der Waals surface area contributed by atoms with E-state index < -0.39 is 16.6 Å². The number of hydrogen-bond donors (Lipinski definition) is 2. The van der Waals surface area contributed by atoms with E-state index in [1.54, 1.807) is 0 Å². The molecule has 0 aliphatic heterocycles.